The second-order valence-electron chi connectivity index (χ2n) is 12.3. The van der Waals surface area contributed by atoms with Crippen LogP contribution in [0.4, 0.5) is 18.9 Å². The summed E-state index contributed by atoms with van der Waals surface area (Å²) in [5.74, 6) is -0.473. The fourth-order valence-electron chi connectivity index (χ4n) is 5.97. The zero-order valence-electron chi connectivity index (χ0n) is 25.2. The number of hydrogen-bond donors (Lipinski definition) is 2. The van der Waals surface area contributed by atoms with Crippen LogP contribution >= 0.6 is 0 Å². The summed E-state index contributed by atoms with van der Waals surface area (Å²) in [5.41, 5.74) is 5.57. The zero-order valence-corrected chi connectivity index (χ0v) is 25.2. The van der Waals surface area contributed by atoms with Crippen LogP contribution in [0.3, 0.4) is 0 Å². The lowest BCUT2D eigenvalue weighted by Gasteiger charge is -2.32. The van der Waals surface area contributed by atoms with Gasteiger partial charge in [0.2, 0.25) is 0 Å². The molecule has 0 bridgehead atoms. The van der Waals surface area contributed by atoms with Gasteiger partial charge in [0.1, 0.15) is 5.69 Å². The molecule has 1 amide bonds. The normalized spacial score (nSPS) is 16.4. The van der Waals surface area contributed by atoms with Gasteiger partial charge in [-0.1, -0.05) is 12.1 Å². The van der Waals surface area contributed by atoms with Gasteiger partial charge < -0.3 is 10.2 Å². The number of carbonyl (C=O) groups is 1. The number of aromatic amines is 1. The van der Waals surface area contributed by atoms with E-state index in [4.69, 9.17) is 0 Å². The predicted molar refractivity (Wildman–Crippen MR) is 168 cm³/mol. The molecule has 0 unspecified atom stereocenters. The Balaban J connectivity index is 1.13. The number of likely N-dealkylation sites (N-methyl/N-ethyl adjacent to an activating group) is 1. The molecule has 1 saturated carbocycles. The number of amides is 1. The number of rotatable bonds is 7. The van der Waals surface area contributed by atoms with Crippen molar-refractivity contribution >= 4 is 22.5 Å². The van der Waals surface area contributed by atoms with Gasteiger partial charge in [0.25, 0.3) is 5.91 Å². The van der Waals surface area contributed by atoms with E-state index in [-0.39, 0.29) is 5.69 Å². The Kier molecular flexibility index (Phi) is 7.45. The maximum Gasteiger partial charge on any atom is 0.416 e. The lowest BCUT2D eigenvalue weighted by atomic mass is 9.96. The Morgan fingerprint density at radius 3 is 2.56 bits per heavy atom. The number of aromatic nitrogens is 4. The molecule has 5 aromatic rings. The molecular formula is C34H34F3N7O. The van der Waals surface area contributed by atoms with Crippen molar-refractivity contribution in [1.29, 1.82) is 0 Å². The second kappa shape index (κ2) is 11.5. The van der Waals surface area contributed by atoms with E-state index >= 15 is 0 Å². The Labute approximate surface area is 258 Å². The monoisotopic (exact) mass is 613 g/mol. The zero-order chi connectivity index (χ0) is 31.3. The molecule has 8 nitrogen and oxygen atoms in total. The maximum atomic E-state index is 13.8. The van der Waals surface area contributed by atoms with Gasteiger partial charge in [-0.25, -0.2) is 0 Å². The largest absolute Gasteiger partial charge is 0.416 e. The van der Waals surface area contributed by atoms with Crippen LogP contribution in [0.1, 0.15) is 45.9 Å². The summed E-state index contributed by atoms with van der Waals surface area (Å²) in [7, 11) is 2.03. The van der Waals surface area contributed by atoms with Crippen molar-refractivity contribution in [2.24, 2.45) is 0 Å². The second-order valence-corrected chi connectivity index (χ2v) is 12.3. The van der Waals surface area contributed by atoms with Crippen LogP contribution < -0.4 is 5.32 Å². The average molecular weight is 614 g/mol. The average Bonchev–Trinajstić information content (AvgIpc) is 3.59. The number of aryl methyl sites for hydroxylation is 1. The van der Waals surface area contributed by atoms with Gasteiger partial charge in [0.05, 0.1) is 23.3 Å². The summed E-state index contributed by atoms with van der Waals surface area (Å²) in [5, 5.41) is 15.9. The van der Waals surface area contributed by atoms with Crippen LogP contribution in [0.2, 0.25) is 0 Å². The third-order valence-corrected chi connectivity index (χ3v) is 8.75. The van der Waals surface area contributed by atoms with E-state index in [1.807, 2.05) is 55.3 Å². The van der Waals surface area contributed by atoms with E-state index in [2.05, 4.69) is 30.4 Å². The highest BCUT2D eigenvalue weighted by molar-refractivity contribution is 6.05. The van der Waals surface area contributed by atoms with Gasteiger partial charge in [-0.05, 0) is 91.5 Å². The van der Waals surface area contributed by atoms with Gasteiger partial charge in [-0.3, -0.25) is 19.5 Å². The fourth-order valence-corrected chi connectivity index (χ4v) is 5.97. The first-order valence-corrected chi connectivity index (χ1v) is 15.2. The van der Waals surface area contributed by atoms with Crippen LogP contribution in [0, 0.1) is 6.92 Å². The summed E-state index contributed by atoms with van der Waals surface area (Å²) in [6.07, 6.45) is 1.65. The SMILES string of the molecule is Cc1ccc(C(=O)Nc2cc(CN3CCN(C)CC3)cc(C(F)(F)F)c2)cc1-c1ccc2c(-c3cnn(C4CC4)c3)n[nH]c2c1. The number of H-pyrrole nitrogens is 1. The number of alkyl halides is 3. The first-order valence-electron chi connectivity index (χ1n) is 15.2. The Bertz CT molecular complexity index is 1880. The Hall–Kier alpha value is -4.48. The smallest absolute Gasteiger partial charge is 0.322 e. The highest BCUT2D eigenvalue weighted by Gasteiger charge is 2.32. The van der Waals surface area contributed by atoms with Crippen LogP contribution in [0.15, 0.2) is 67.0 Å². The molecule has 2 N–H and O–H groups in total. The first-order chi connectivity index (χ1) is 21.6. The van der Waals surface area contributed by atoms with E-state index in [0.29, 0.717) is 23.7 Å². The molecule has 232 valence electrons. The van der Waals surface area contributed by atoms with Gasteiger partial charge >= 0.3 is 6.18 Å². The molecule has 3 heterocycles. The predicted octanol–water partition coefficient (Wildman–Crippen LogP) is 6.76. The molecule has 2 fully saturated rings. The number of halogens is 3. The number of hydrogen-bond acceptors (Lipinski definition) is 5. The minimum atomic E-state index is -4.53. The summed E-state index contributed by atoms with van der Waals surface area (Å²) in [4.78, 5) is 17.7. The number of fused-ring (bicyclic) bond motifs is 1. The molecule has 0 atom stereocenters. The van der Waals surface area contributed by atoms with Gasteiger partial charge in [0, 0.05) is 61.1 Å². The first kappa shape index (κ1) is 29.2. The summed E-state index contributed by atoms with van der Waals surface area (Å²) < 4.78 is 43.5. The molecular weight excluding hydrogens is 579 g/mol. The van der Waals surface area contributed by atoms with Gasteiger partial charge in [0.15, 0.2) is 0 Å². The van der Waals surface area contributed by atoms with Crippen molar-refractivity contribution in [2.45, 2.75) is 38.5 Å². The van der Waals surface area contributed by atoms with Crippen molar-refractivity contribution in [3.8, 4) is 22.4 Å². The van der Waals surface area contributed by atoms with Crippen LogP contribution in [0.25, 0.3) is 33.3 Å². The highest BCUT2D eigenvalue weighted by Crippen LogP contribution is 2.37. The van der Waals surface area contributed by atoms with Crippen molar-refractivity contribution < 1.29 is 18.0 Å². The molecule has 3 aromatic carbocycles. The standard InChI is InChI=1S/C34H34F3N7O/c1-21-3-4-24(33(45)39-27-14-22(13-26(17-27)34(35,36)37)19-43-11-9-42(2)10-12-43)15-30(21)23-5-8-29-31(16-23)40-41-32(29)25-18-38-44(20-25)28-6-7-28/h3-5,8,13-18,20,28H,6-7,9-12,19H2,1-2H3,(H,39,45)(H,40,41). The third kappa shape index (κ3) is 6.23. The third-order valence-electron chi connectivity index (χ3n) is 8.75. The minimum absolute atomic E-state index is 0.123. The number of nitrogens with zero attached hydrogens (tertiary/aromatic N) is 5. The Morgan fingerprint density at radius 2 is 1.80 bits per heavy atom. The fraction of sp³-hybridized carbons (Fsp3) is 0.324. The van der Waals surface area contributed by atoms with E-state index in [1.54, 1.807) is 18.2 Å². The van der Waals surface area contributed by atoms with E-state index in [0.717, 1.165) is 83.9 Å². The van der Waals surface area contributed by atoms with Crippen molar-refractivity contribution in [1.82, 2.24) is 29.8 Å². The lowest BCUT2D eigenvalue weighted by molar-refractivity contribution is -0.137. The number of piperazine rings is 1. The molecule has 2 aliphatic rings. The Morgan fingerprint density at radius 1 is 1.00 bits per heavy atom. The maximum absolute atomic E-state index is 13.8. The number of benzene rings is 3. The summed E-state index contributed by atoms with van der Waals surface area (Å²) >= 11 is 0. The molecule has 0 radical (unpaired) electrons. The molecule has 1 saturated heterocycles. The molecule has 2 aromatic heterocycles. The van der Waals surface area contributed by atoms with Crippen molar-refractivity contribution in [3.63, 3.8) is 0 Å². The highest BCUT2D eigenvalue weighted by atomic mass is 19.4. The molecule has 1 aliphatic carbocycles. The molecule has 7 rings (SSSR count). The summed E-state index contributed by atoms with van der Waals surface area (Å²) in [6, 6.07) is 15.6. The number of carbonyl (C=O) groups excluding carboxylic acids is 1. The van der Waals surface area contributed by atoms with Crippen LogP contribution in [0.5, 0.6) is 0 Å². The molecule has 45 heavy (non-hydrogen) atoms. The van der Waals surface area contributed by atoms with Crippen LogP contribution in [-0.4, -0.2) is 68.9 Å². The quantitative estimate of drug-likeness (QED) is 0.212. The lowest BCUT2D eigenvalue weighted by Crippen LogP contribution is -2.43. The van der Waals surface area contributed by atoms with Crippen LogP contribution in [-0.2, 0) is 12.7 Å². The van der Waals surface area contributed by atoms with Gasteiger partial charge in [-0.15, -0.1) is 0 Å². The summed E-state index contributed by atoms with van der Waals surface area (Å²) in [6.45, 7) is 5.62. The molecule has 11 heteroatoms. The van der Waals surface area contributed by atoms with Crippen molar-refractivity contribution in [2.75, 3.05) is 38.5 Å². The molecule has 0 spiro atoms. The van der Waals surface area contributed by atoms with Gasteiger partial charge in [-0.2, -0.15) is 23.4 Å². The van der Waals surface area contributed by atoms with E-state index < -0.39 is 17.6 Å². The molecule has 1 aliphatic heterocycles. The van der Waals surface area contributed by atoms with E-state index in [1.165, 1.54) is 6.07 Å². The topological polar surface area (TPSA) is 82.1 Å². The number of nitrogens with one attached hydrogen (secondary N) is 2. The minimum Gasteiger partial charge on any atom is -0.322 e. The van der Waals surface area contributed by atoms with E-state index in [9.17, 15) is 18.0 Å². The number of anilines is 1. The van der Waals surface area contributed by atoms with Crippen molar-refractivity contribution in [3.05, 3.63) is 89.2 Å².